The molecular formula is C12H17N3O4. The Kier molecular flexibility index (Phi) is 5.11. The van der Waals surface area contributed by atoms with Crippen molar-refractivity contribution in [3.63, 3.8) is 0 Å². The number of nitrogens with one attached hydrogen (secondary N) is 1. The molecule has 0 saturated heterocycles. The fourth-order valence-corrected chi connectivity index (χ4v) is 1.50. The Morgan fingerprint density at radius 3 is 2.63 bits per heavy atom. The second-order valence-electron chi connectivity index (χ2n) is 4.21. The molecule has 7 heteroatoms. The summed E-state index contributed by atoms with van der Waals surface area (Å²) in [6, 6.07) is 3.13. The molecule has 0 aliphatic heterocycles. The van der Waals surface area contributed by atoms with Crippen LogP contribution in [0.5, 0.6) is 0 Å². The molecule has 0 saturated carbocycles. The first-order valence-electron chi connectivity index (χ1n) is 5.77. The third-order valence-electron chi connectivity index (χ3n) is 2.49. The van der Waals surface area contributed by atoms with E-state index in [4.69, 9.17) is 5.11 Å². The van der Waals surface area contributed by atoms with Gasteiger partial charge in [-0.2, -0.15) is 0 Å². The second-order valence-corrected chi connectivity index (χ2v) is 4.21. The van der Waals surface area contributed by atoms with Crippen molar-refractivity contribution in [1.29, 1.82) is 0 Å². The van der Waals surface area contributed by atoms with E-state index >= 15 is 0 Å². The number of nitrogens with zero attached hydrogens (tertiary/aromatic N) is 2. The lowest BCUT2D eigenvalue weighted by molar-refractivity contribution is -0.137. The van der Waals surface area contributed by atoms with Crippen LogP contribution in [-0.4, -0.2) is 53.0 Å². The zero-order chi connectivity index (χ0) is 14.4. The average Bonchev–Trinajstić information content (AvgIpc) is 2.75. The molecule has 7 nitrogen and oxygen atoms in total. The molecule has 1 aromatic rings. The fraction of sp³-hybridized carbons (Fsp3) is 0.417. The highest BCUT2D eigenvalue weighted by molar-refractivity contribution is 5.93. The van der Waals surface area contributed by atoms with Crippen LogP contribution in [0.1, 0.15) is 16.9 Å². The number of carboxylic acid groups (broad SMARTS) is 1. The Hall–Kier alpha value is -2.31. The van der Waals surface area contributed by atoms with E-state index in [1.807, 2.05) is 0 Å². The molecule has 1 aromatic heterocycles. The van der Waals surface area contributed by atoms with Gasteiger partial charge in [0.1, 0.15) is 12.2 Å². The van der Waals surface area contributed by atoms with E-state index in [-0.39, 0.29) is 31.1 Å². The Labute approximate surface area is 110 Å². The van der Waals surface area contributed by atoms with E-state index in [9.17, 15) is 14.4 Å². The molecule has 0 unspecified atom stereocenters. The summed E-state index contributed by atoms with van der Waals surface area (Å²) in [7, 11) is 3.28. The van der Waals surface area contributed by atoms with Crippen LogP contribution in [0.15, 0.2) is 18.3 Å². The molecule has 19 heavy (non-hydrogen) atoms. The van der Waals surface area contributed by atoms with E-state index in [2.05, 4.69) is 5.32 Å². The minimum absolute atomic E-state index is 0.0822. The standard InChI is InChI=1S/C12H17N3O4/c1-14(2)10(16)5-6-13-12(19)9-4-3-7-15(9)8-11(17)18/h3-4,7H,5-6,8H2,1-2H3,(H,13,19)(H,17,18). The summed E-state index contributed by atoms with van der Waals surface area (Å²) in [4.78, 5) is 35.2. The summed E-state index contributed by atoms with van der Waals surface area (Å²) in [5.74, 6) is -1.49. The quantitative estimate of drug-likeness (QED) is 0.745. The molecule has 0 fully saturated rings. The third kappa shape index (κ3) is 4.46. The van der Waals surface area contributed by atoms with Crippen molar-refractivity contribution in [2.75, 3.05) is 20.6 Å². The molecule has 0 atom stereocenters. The van der Waals surface area contributed by atoms with Gasteiger partial charge >= 0.3 is 5.97 Å². The number of hydrogen-bond donors (Lipinski definition) is 2. The lowest BCUT2D eigenvalue weighted by Gasteiger charge is -2.11. The Morgan fingerprint density at radius 2 is 2.05 bits per heavy atom. The van der Waals surface area contributed by atoms with Gasteiger partial charge in [-0.1, -0.05) is 0 Å². The van der Waals surface area contributed by atoms with Gasteiger partial charge in [0.15, 0.2) is 0 Å². The van der Waals surface area contributed by atoms with Gasteiger partial charge in [0.05, 0.1) is 0 Å². The van der Waals surface area contributed by atoms with Gasteiger partial charge in [0, 0.05) is 33.3 Å². The zero-order valence-corrected chi connectivity index (χ0v) is 10.9. The minimum Gasteiger partial charge on any atom is -0.480 e. The summed E-state index contributed by atoms with van der Waals surface area (Å²) >= 11 is 0. The van der Waals surface area contributed by atoms with E-state index in [1.165, 1.54) is 21.7 Å². The molecule has 104 valence electrons. The van der Waals surface area contributed by atoms with Gasteiger partial charge in [-0.25, -0.2) is 0 Å². The Bertz CT molecular complexity index is 479. The van der Waals surface area contributed by atoms with Gasteiger partial charge in [-0.05, 0) is 12.1 Å². The summed E-state index contributed by atoms with van der Waals surface area (Å²) in [5, 5.41) is 11.3. The van der Waals surface area contributed by atoms with Crippen LogP contribution in [0.25, 0.3) is 0 Å². The van der Waals surface area contributed by atoms with Crippen LogP contribution < -0.4 is 5.32 Å². The number of rotatable bonds is 6. The van der Waals surface area contributed by atoms with Gasteiger partial charge in [0.25, 0.3) is 5.91 Å². The molecular weight excluding hydrogens is 250 g/mol. The van der Waals surface area contributed by atoms with Crippen molar-refractivity contribution in [2.45, 2.75) is 13.0 Å². The number of carboxylic acids is 1. The summed E-state index contributed by atoms with van der Waals surface area (Å²) in [6.07, 6.45) is 1.73. The van der Waals surface area contributed by atoms with Crippen molar-refractivity contribution < 1.29 is 19.5 Å². The average molecular weight is 267 g/mol. The summed E-state index contributed by atoms with van der Waals surface area (Å²) in [6.45, 7) is -0.0551. The highest BCUT2D eigenvalue weighted by Gasteiger charge is 2.13. The van der Waals surface area contributed by atoms with Crippen molar-refractivity contribution in [2.24, 2.45) is 0 Å². The molecule has 2 N–H and O–H groups in total. The molecule has 2 amide bonds. The van der Waals surface area contributed by atoms with Gasteiger partial charge in [-0.15, -0.1) is 0 Å². The van der Waals surface area contributed by atoms with Crippen LogP contribution in [0.2, 0.25) is 0 Å². The third-order valence-corrected chi connectivity index (χ3v) is 2.49. The topological polar surface area (TPSA) is 91.6 Å². The first-order chi connectivity index (χ1) is 8.91. The van der Waals surface area contributed by atoms with Crippen LogP contribution in [0.3, 0.4) is 0 Å². The van der Waals surface area contributed by atoms with E-state index in [1.54, 1.807) is 20.2 Å². The molecule has 1 rings (SSSR count). The highest BCUT2D eigenvalue weighted by atomic mass is 16.4. The molecule has 0 radical (unpaired) electrons. The van der Waals surface area contributed by atoms with Crippen LogP contribution >= 0.6 is 0 Å². The lowest BCUT2D eigenvalue weighted by Crippen LogP contribution is -2.31. The van der Waals surface area contributed by atoms with E-state index in [0.717, 1.165) is 0 Å². The van der Waals surface area contributed by atoms with Gasteiger partial charge in [-0.3, -0.25) is 14.4 Å². The summed E-state index contributed by atoms with van der Waals surface area (Å²) in [5.41, 5.74) is 0.264. The van der Waals surface area contributed by atoms with Crippen LogP contribution in [0.4, 0.5) is 0 Å². The maximum absolute atomic E-state index is 11.8. The highest BCUT2D eigenvalue weighted by Crippen LogP contribution is 2.02. The molecule has 0 spiro atoms. The number of carbonyl (C=O) groups is 3. The monoisotopic (exact) mass is 267 g/mol. The van der Waals surface area contributed by atoms with Gasteiger partial charge < -0.3 is 19.9 Å². The molecule has 0 aliphatic rings. The lowest BCUT2D eigenvalue weighted by atomic mass is 10.3. The second kappa shape index (κ2) is 6.58. The maximum Gasteiger partial charge on any atom is 0.323 e. The number of aliphatic carboxylic acids is 1. The Morgan fingerprint density at radius 1 is 1.37 bits per heavy atom. The smallest absolute Gasteiger partial charge is 0.323 e. The van der Waals surface area contributed by atoms with Crippen molar-refractivity contribution in [1.82, 2.24) is 14.8 Å². The van der Waals surface area contributed by atoms with Crippen molar-refractivity contribution in [3.8, 4) is 0 Å². The predicted octanol–water partition coefficient (Wildman–Crippen LogP) is -0.219. The molecule has 1 heterocycles. The fourth-order valence-electron chi connectivity index (χ4n) is 1.50. The normalized spacial score (nSPS) is 10.0. The van der Waals surface area contributed by atoms with Crippen LogP contribution in [0, 0.1) is 0 Å². The van der Waals surface area contributed by atoms with Crippen molar-refractivity contribution >= 4 is 17.8 Å². The van der Waals surface area contributed by atoms with E-state index in [0.29, 0.717) is 0 Å². The molecule has 0 aliphatic carbocycles. The number of hydrogen-bond acceptors (Lipinski definition) is 3. The Balaban J connectivity index is 2.52. The minimum atomic E-state index is -1.02. The molecule has 0 aromatic carbocycles. The molecule has 0 bridgehead atoms. The predicted molar refractivity (Wildman–Crippen MR) is 67.7 cm³/mol. The first-order valence-corrected chi connectivity index (χ1v) is 5.77. The van der Waals surface area contributed by atoms with Gasteiger partial charge in [0.2, 0.25) is 5.91 Å². The largest absolute Gasteiger partial charge is 0.480 e. The maximum atomic E-state index is 11.8. The van der Waals surface area contributed by atoms with Crippen LogP contribution in [-0.2, 0) is 16.1 Å². The number of amides is 2. The zero-order valence-electron chi connectivity index (χ0n) is 10.9. The number of aromatic nitrogens is 1. The number of carbonyl (C=O) groups excluding carboxylic acids is 2. The van der Waals surface area contributed by atoms with Crippen molar-refractivity contribution in [3.05, 3.63) is 24.0 Å². The first kappa shape index (κ1) is 14.7. The van der Waals surface area contributed by atoms with E-state index < -0.39 is 11.9 Å². The summed E-state index contributed by atoms with van der Waals surface area (Å²) < 4.78 is 1.34. The SMILES string of the molecule is CN(C)C(=O)CCNC(=O)c1cccn1CC(=O)O.